The van der Waals surface area contributed by atoms with E-state index in [1.54, 1.807) is 12.4 Å². The van der Waals surface area contributed by atoms with Crippen LogP contribution in [0.1, 0.15) is 53.4 Å². The average Bonchev–Trinajstić information content (AvgIpc) is 3.64. The molecule has 1 saturated heterocycles. The Bertz CT molecular complexity index is 1490. The Labute approximate surface area is 214 Å². The van der Waals surface area contributed by atoms with Crippen molar-refractivity contribution in [3.05, 3.63) is 77.0 Å². The lowest BCUT2D eigenvalue weighted by Crippen LogP contribution is -2.24. The van der Waals surface area contributed by atoms with Crippen molar-refractivity contribution in [2.45, 2.75) is 45.3 Å². The summed E-state index contributed by atoms with van der Waals surface area (Å²) in [5.41, 5.74) is 6.56. The predicted molar refractivity (Wildman–Crippen MR) is 139 cm³/mol. The number of amides is 1. The SMILES string of the molecule is CC(C)NCc1nc(Nc2ccc(-c3cnc4cc(F)ccn34)c3c2C(=O)NC3)ccc1[C@H]1CCOC1. The van der Waals surface area contributed by atoms with Crippen LogP contribution in [0.5, 0.6) is 0 Å². The molecule has 0 aliphatic carbocycles. The second kappa shape index (κ2) is 9.57. The summed E-state index contributed by atoms with van der Waals surface area (Å²) in [7, 11) is 0. The zero-order chi connectivity index (χ0) is 25.5. The van der Waals surface area contributed by atoms with E-state index in [-0.39, 0.29) is 11.7 Å². The van der Waals surface area contributed by atoms with Gasteiger partial charge in [-0.15, -0.1) is 0 Å². The summed E-state index contributed by atoms with van der Waals surface area (Å²) >= 11 is 0. The van der Waals surface area contributed by atoms with Gasteiger partial charge < -0.3 is 20.7 Å². The standard InChI is InChI=1S/C28H29FN6O2/c1-16(2)30-13-23-19(17-8-10-37-15-17)4-6-25(34-23)33-22-5-3-20(21-12-32-28(36)27(21)22)24-14-31-26-11-18(29)7-9-35(24)26/h3-7,9,11,14,16-17,30H,8,10,12-13,15H2,1-2H3,(H,32,36)(H,33,34)/t17-/m0/s1. The molecule has 6 rings (SSSR count). The zero-order valence-electron chi connectivity index (χ0n) is 20.8. The van der Waals surface area contributed by atoms with Gasteiger partial charge in [0.25, 0.3) is 5.91 Å². The third-order valence-electron chi connectivity index (χ3n) is 7.04. The van der Waals surface area contributed by atoms with Gasteiger partial charge in [0.2, 0.25) is 0 Å². The molecular formula is C28H29FN6O2. The van der Waals surface area contributed by atoms with Crippen molar-refractivity contribution < 1.29 is 13.9 Å². The highest BCUT2D eigenvalue weighted by Gasteiger charge is 2.28. The maximum absolute atomic E-state index is 13.7. The number of halogens is 1. The van der Waals surface area contributed by atoms with E-state index in [1.807, 2.05) is 22.6 Å². The molecule has 0 radical (unpaired) electrons. The number of nitrogens with one attached hydrogen (secondary N) is 3. The minimum atomic E-state index is -0.340. The number of imidazole rings is 1. The maximum atomic E-state index is 13.7. The van der Waals surface area contributed by atoms with Crippen LogP contribution in [0, 0.1) is 5.82 Å². The highest BCUT2D eigenvalue weighted by Crippen LogP contribution is 2.36. The Morgan fingerprint density at radius 2 is 2.14 bits per heavy atom. The molecule has 9 heteroatoms. The van der Waals surface area contributed by atoms with E-state index in [2.05, 4.69) is 40.8 Å². The Hall–Kier alpha value is -3.82. The number of fused-ring (bicyclic) bond motifs is 2. The second-order valence-corrected chi connectivity index (χ2v) is 9.87. The number of ether oxygens (including phenoxy) is 1. The third-order valence-corrected chi connectivity index (χ3v) is 7.04. The quantitative estimate of drug-likeness (QED) is 0.346. The first-order chi connectivity index (χ1) is 18.0. The summed E-state index contributed by atoms with van der Waals surface area (Å²) in [5, 5.41) is 9.82. The summed E-state index contributed by atoms with van der Waals surface area (Å²) < 4.78 is 21.1. The lowest BCUT2D eigenvalue weighted by molar-refractivity contribution is 0.0966. The number of hydrogen-bond donors (Lipinski definition) is 3. The number of carbonyl (C=O) groups is 1. The number of benzene rings is 1. The number of aromatic nitrogens is 3. The van der Waals surface area contributed by atoms with Crippen molar-refractivity contribution in [2.24, 2.45) is 0 Å². The summed E-state index contributed by atoms with van der Waals surface area (Å²) in [6, 6.07) is 11.1. The van der Waals surface area contributed by atoms with Crippen molar-refractivity contribution in [1.29, 1.82) is 0 Å². The number of nitrogens with zero attached hydrogens (tertiary/aromatic N) is 3. The van der Waals surface area contributed by atoms with Gasteiger partial charge in [0.15, 0.2) is 0 Å². The molecule has 0 spiro atoms. The molecule has 3 aromatic heterocycles. The van der Waals surface area contributed by atoms with Crippen LogP contribution in [-0.4, -0.2) is 39.5 Å². The molecule has 3 N–H and O–H groups in total. The summed E-state index contributed by atoms with van der Waals surface area (Å²) in [4.78, 5) is 22.2. The molecule has 0 bridgehead atoms. The number of anilines is 2. The Morgan fingerprint density at radius 1 is 1.24 bits per heavy atom. The minimum absolute atomic E-state index is 0.138. The number of rotatable bonds is 7. The topological polar surface area (TPSA) is 92.6 Å². The highest BCUT2D eigenvalue weighted by molar-refractivity contribution is 6.06. The van der Waals surface area contributed by atoms with Gasteiger partial charge in [-0.25, -0.2) is 14.4 Å². The van der Waals surface area contributed by atoms with Gasteiger partial charge in [0.05, 0.1) is 35.4 Å². The predicted octanol–water partition coefficient (Wildman–Crippen LogP) is 4.52. The average molecular weight is 501 g/mol. The lowest BCUT2D eigenvalue weighted by atomic mass is 9.96. The molecule has 1 amide bonds. The summed E-state index contributed by atoms with van der Waals surface area (Å²) in [6.45, 7) is 6.79. The van der Waals surface area contributed by atoms with Crippen LogP contribution in [0.2, 0.25) is 0 Å². The molecule has 8 nitrogen and oxygen atoms in total. The highest BCUT2D eigenvalue weighted by atomic mass is 19.1. The number of hydrogen-bond acceptors (Lipinski definition) is 6. The fraction of sp³-hybridized carbons (Fsp3) is 0.321. The molecule has 1 aromatic carbocycles. The Kier molecular flexibility index (Phi) is 6.10. The van der Waals surface area contributed by atoms with E-state index in [1.165, 1.54) is 17.7 Å². The molecule has 5 heterocycles. The van der Waals surface area contributed by atoms with E-state index >= 15 is 0 Å². The lowest BCUT2D eigenvalue weighted by Gasteiger charge is -2.18. The van der Waals surface area contributed by atoms with Crippen molar-refractivity contribution in [1.82, 2.24) is 25.0 Å². The smallest absolute Gasteiger partial charge is 0.254 e. The van der Waals surface area contributed by atoms with Crippen LogP contribution < -0.4 is 16.0 Å². The van der Waals surface area contributed by atoms with E-state index in [9.17, 15) is 9.18 Å². The normalized spacial score (nSPS) is 17.0. The van der Waals surface area contributed by atoms with Gasteiger partial charge in [-0.2, -0.15) is 0 Å². The van der Waals surface area contributed by atoms with Crippen LogP contribution in [-0.2, 0) is 17.8 Å². The molecular weight excluding hydrogens is 471 g/mol. The zero-order valence-corrected chi connectivity index (χ0v) is 20.8. The van der Waals surface area contributed by atoms with Gasteiger partial charge in [0.1, 0.15) is 17.3 Å². The van der Waals surface area contributed by atoms with Crippen LogP contribution in [0.3, 0.4) is 0 Å². The van der Waals surface area contributed by atoms with Crippen molar-refractivity contribution in [3.8, 4) is 11.3 Å². The first-order valence-corrected chi connectivity index (χ1v) is 12.6. The molecule has 0 saturated carbocycles. The second-order valence-electron chi connectivity index (χ2n) is 9.87. The van der Waals surface area contributed by atoms with E-state index in [0.717, 1.165) is 35.5 Å². The molecule has 2 aliphatic heterocycles. The Morgan fingerprint density at radius 3 is 2.95 bits per heavy atom. The molecule has 1 atom stereocenters. The molecule has 0 unspecified atom stereocenters. The van der Waals surface area contributed by atoms with Crippen molar-refractivity contribution in [3.63, 3.8) is 0 Å². The van der Waals surface area contributed by atoms with Crippen LogP contribution in [0.15, 0.2) is 48.8 Å². The number of carbonyl (C=O) groups excluding carboxylic acids is 1. The first-order valence-electron chi connectivity index (χ1n) is 12.6. The van der Waals surface area contributed by atoms with Crippen molar-refractivity contribution >= 4 is 23.1 Å². The van der Waals surface area contributed by atoms with Crippen LogP contribution in [0.4, 0.5) is 15.9 Å². The molecule has 4 aromatic rings. The van der Waals surface area contributed by atoms with Crippen LogP contribution >= 0.6 is 0 Å². The fourth-order valence-corrected chi connectivity index (χ4v) is 5.16. The van der Waals surface area contributed by atoms with E-state index in [0.29, 0.717) is 54.4 Å². The van der Waals surface area contributed by atoms with E-state index < -0.39 is 0 Å². The third kappa shape index (κ3) is 4.45. The molecule has 190 valence electrons. The molecule has 1 fully saturated rings. The monoisotopic (exact) mass is 500 g/mol. The van der Waals surface area contributed by atoms with Gasteiger partial charge in [-0.3, -0.25) is 9.20 Å². The Balaban J connectivity index is 1.36. The largest absolute Gasteiger partial charge is 0.381 e. The summed E-state index contributed by atoms with van der Waals surface area (Å²) in [5.74, 6) is 0.552. The molecule has 37 heavy (non-hydrogen) atoms. The van der Waals surface area contributed by atoms with Gasteiger partial charge in [-0.1, -0.05) is 26.0 Å². The molecule has 2 aliphatic rings. The fourth-order valence-electron chi connectivity index (χ4n) is 5.16. The number of pyridine rings is 2. The van der Waals surface area contributed by atoms with Gasteiger partial charge in [-0.05, 0) is 35.7 Å². The van der Waals surface area contributed by atoms with Crippen molar-refractivity contribution in [2.75, 3.05) is 18.5 Å². The first kappa shape index (κ1) is 23.6. The van der Waals surface area contributed by atoms with Gasteiger partial charge >= 0.3 is 0 Å². The van der Waals surface area contributed by atoms with Crippen LogP contribution in [0.25, 0.3) is 16.9 Å². The van der Waals surface area contributed by atoms with E-state index in [4.69, 9.17) is 9.72 Å². The maximum Gasteiger partial charge on any atom is 0.254 e. The minimum Gasteiger partial charge on any atom is -0.381 e. The summed E-state index contributed by atoms with van der Waals surface area (Å²) in [6.07, 6.45) is 4.36. The van der Waals surface area contributed by atoms with Gasteiger partial charge in [0, 0.05) is 49.5 Å².